The lowest BCUT2D eigenvalue weighted by Crippen LogP contribution is -2.41. The van der Waals surface area contributed by atoms with Gasteiger partial charge >= 0.3 is 0 Å². The van der Waals surface area contributed by atoms with Crippen molar-refractivity contribution >= 4 is 5.78 Å². The maximum atomic E-state index is 12.5. The maximum Gasteiger partial charge on any atom is 0.197 e. The molecule has 144 valence electrons. The van der Waals surface area contributed by atoms with Gasteiger partial charge in [-0.1, -0.05) is 26.8 Å². The van der Waals surface area contributed by atoms with Crippen LogP contribution in [0.15, 0.2) is 35.3 Å². The topological polar surface area (TPSA) is 46.5 Å². The highest BCUT2D eigenvalue weighted by molar-refractivity contribution is 5.95. The molecule has 0 spiro atoms. The van der Waals surface area contributed by atoms with Gasteiger partial charge in [-0.2, -0.15) is 0 Å². The third-order valence-corrected chi connectivity index (χ3v) is 7.74. The van der Waals surface area contributed by atoms with Crippen LogP contribution in [0.2, 0.25) is 0 Å². The van der Waals surface area contributed by atoms with Crippen molar-refractivity contribution in [2.75, 3.05) is 7.11 Å². The third kappa shape index (κ3) is 3.04. The fourth-order valence-corrected chi connectivity index (χ4v) is 5.97. The molecular formula is C23H34O3. The minimum atomic E-state index is -0.0662. The summed E-state index contributed by atoms with van der Waals surface area (Å²) in [7, 11) is 1.71. The molecule has 3 heteroatoms. The van der Waals surface area contributed by atoms with Crippen molar-refractivity contribution in [3.05, 3.63) is 35.3 Å². The summed E-state index contributed by atoms with van der Waals surface area (Å²) in [4.78, 5) is 12.5. The van der Waals surface area contributed by atoms with Crippen LogP contribution < -0.4 is 0 Å². The summed E-state index contributed by atoms with van der Waals surface area (Å²) in [6.07, 6.45) is 9.96. The Morgan fingerprint density at radius 1 is 1.27 bits per heavy atom. The average molecular weight is 359 g/mol. The number of hydrogen-bond donors (Lipinski definition) is 1. The van der Waals surface area contributed by atoms with Crippen LogP contribution in [-0.4, -0.2) is 18.0 Å². The molecule has 0 aromatic heterocycles. The van der Waals surface area contributed by atoms with Gasteiger partial charge in [-0.05, 0) is 84.8 Å². The van der Waals surface area contributed by atoms with Gasteiger partial charge in [0.05, 0.1) is 13.4 Å². The van der Waals surface area contributed by atoms with Crippen molar-refractivity contribution in [3.8, 4) is 0 Å². The quantitative estimate of drug-likeness (QED) is 0.595. The lowest BCUT2D eigenvalue weighted by molar-refractivity contribution is -0.123. The Labute approximate surface area is 158 Å². The SMILES string of the molecule is C=C1/C(=C\OC)CCCC[C@H]2C[C@@]1(C)CC[C@H]1C(C)=C(O)C(=O)C[C@]21C. The number of carbonyl (C=O) groups excluding carboxylic acids is 1. The number of rotatable bonds is 1. The molecule has 26 heavy (non-hydrogen) atoms. The van der Waals surface area contributed by atoms with Crippen molar-refractivity contribution in [2.45, 2.75) is 72.1 Å². The smallest absolute Gasteiger partial charge is 0.197 e. The lowest BCUT2D eigenvalue weighted by atomic mass is 9.58. The summed E-state index contributed by atoms with van der Waals surface area (Å²) in [5, 5.41) is 10.3. The summed E-state index contributed by atoms with van der Waals surface area (Å²) >= 11 is 0. The normalized spacial score (nSPS) is 40.4. The number of fused-ring (bicyclic) bond motifs is 4. The zero-order valence-corrected chi connectivity index (χ0v) is 16.9. The van der Waals surface area contributed by atoms with Crippen LogP contribution >= 0.6 is 0 Å². The second-order valence-electron chi connectivity index (χ2n) is 9.29. The molecule has 0 radical (unpaired) electrons. The second-order valence-corrected chi connectivity index (χ2v) is 9.29. The summed E-state index contributed by atoms with van der Waals surface area (Å²) in [5.74, 6) is 0.726. The first kappa shape index (κ1) is 19.3. The zero-order chi connectivity index (χ0) is 19.1. The van der Waals surface area contributed by atoms with E-state index in [1.54, 1.807) is 7.11 Å². The summed E-state index contributed by atoms with van der Waals surface area (Å²) in [6, 6.07) is 0. The van der Waals surface area contributed by atoms with Crippen LogP contribution in [0.5, 0.6) is 0 Å². The largest absolute Gasteiger partial charge is 0.504 e. The number of aliphatic hydroxyl groups is 1. The van der Waals surface area contributed by atoms with Gasteiger partial charge in [-0.15, -0.1) is 0 Å². The molecular weight excluding hydrogens is 324 g/mol. The van der Waals surface area contributed by atoms with Gasteiger partial charge in [0.15, 0.2) is 11.5 Å². The van der Waals surface area contributed by atoms with E-state index in [1.165, 1.54) is 17.6 Å². The Kier molecular flexibility index (Phi) is 5.11. The van der Waals surface area contributed by atoms with E-state index in [4.69, 9.17) is 4.74 Å². The molecule has 0 amide bonds. The summed E-state index contributed by atoms with van der Waals surface area (Å²) in [6.45, 7) is 11.1. The Morgan fingerprint density at radius 2 is 2.00 bits per heavy atom. The molecule has 1 N–H and O–H groups in total. The predicted molar refractivity (Wildman–Crippen MR) is 105 cm³/mol. The number of ether oxygens (including phenoxy) is 1. The van der Waals surface area contributed by atoms with Gasteiger partial charge in [-0.3, -0.25) is 4.79 Å². The first-order chi connectivity index (χ1) is 12.2. The minimum absolute atomic E-state index is 0.0265. The Balaban J connectivity index is 2.06. The van der Waals surface area contributed by atoms with E-state index < -0.39 is 0 Å². The molecule has 0 saturated heterocycles. The van der Waals surface area contributed by atoms with Gasteiger partial charge in [-0.25, -0.2) is 0 Å². The molecule has 3 aliphatic carbocycles. The number of ketones is 1. The molecule has 0 heterocycles. The Bertz CT molecular complexity index is 671. The van der Waals surface area contributed by atoms with Gasteiger partial charge in [0.25, 0.3) is 0 Å². The number of methoxy groups -OCH3 is 1. The van der Waals surface area contributed by atoms with Gasteiger partial charge in [0.1, 0.15) is 0 Å². The van der Waals surface area contributed by atoms with E-state index in [0.29, 0.717) is 12.3 Å². The third-order valence-electron chi connectivity index (χ3n) is 7.74. The van der Waals surface area contributed by atoms with Crippen molar-refractivity contribution < 1.29 is 14.6 Å². The molecule has 0 aromatic carbocycles. The molecule has 2 bridgehead atoms. The first-order valence-corrected chi connectivity index (χ1v) is 10.1. The number of Topliss-reactive ketones (excluding diaryl/α,β-unsaturated/α-hetero) is 1. The molecule has 2 saturated carbocycles. The molecule has 2 fully saturated rings. The van der Waals surface area contributed by atoms with E-state index in [2.05, 4.69) is 20.4 Å². The number of allylic oxidation sites excluding steroid dienone is 4. The fraction of sp³-hybridized carbons (Fsp3) is 0.696. The standard InChI is InChI=1S/C23H34O3/c1-15-19-10-11-22(3)12-18(23(19,4)13-20(24)21(15)25)9-7-6-8-17(14-26-5)16(22)2/h14,18-19,25H,2,6-13H2,1,3-5H3/b17-14-/t18-,19-,22+,23+/m0/s1. The van der Waals surface area contributed by atoms with Crippen molar-refractivity contribution in [1.82, 2.24) is 0 Å². The van der Waals surface area contributed by atoms with E-state index in [9.17, 15) is 9.90 Å². The average Bonchev–Trinajstić information content (AvgIpc) is 2.66. The fourth-order valence-electron chi connectivity index (χ4n) is 5.97. The maximum absolute atomic E-state index is 12.5. The van der Waals surface area contributed by atoms with Gasteiger partial charge < -0.3 is 9.84 Å². The lowest BCUT2D eigenvalue weighted by Gasteiger charge is -2.46. The predicted octanol–water partition coefficient (Wildman–Crippen LogP) is 5.88. The van der Waals surface area contributed by atoms with E-state index in [-0.39, 0.29) is 28.3 Å². The number of aliphatic hydroxyl groups excluding tert-OH is 1. The van der Waals surface area contributed by atoms with Crippen LogP contribution in [0, 0.1) is 22.7 Å². The Hall–Kier alpha value is -1.51. The first-order valence-electron chi connectivity index (χ1n) is 10.1. The van der Waals surface area contributed by atoms with Crippen LogP contribution in [0.25, 0.3) is 0 Å². The molecule has 0 unspecified atom stereocenters. The highest BCUT2D eigenvalue weighted by atomic mass is 16.5. The number of hydrogen-bond acceptors (Lipinski definition) is 3. The van der Waals surface area contributed by atoms with Gasteiger partial charge in [0, 0.05) is 6.42 Å². The number of carbonyl (C=O) groups is 1. The van der Waals surface area contributed by atoms with Crippen LogP contribution in [0.1, 0.15) is 72.1 Å². The van der Waals surface area contributed by atoms with E-state index >= 15 is 0 Å². The minimum Gasteiger partial charge on any atom is -0.504 e. The molecule has 3 rings (SSSR count). The molecule has 4 atom stereocenters. The summed E-state index contributed by atoms with van der Waals surface area (Å²) < 4.78 is 5.35. The highest BCUT2D eigenvalue weighted by Crippen LogP contribution is 2.59. The van der Waals surface area contributed by atoms with Crippen molar-refractivity contribution in [2.24, 2.45) is 22.7 Å². The van der Waals surface area contributed by atoms with Crippen LogP contribution in [0.3, 0.4) is 0 Å². The highest BCUT2D eigenvalue weighted by Gasteiger charge is 2.52. The van der Waals surface area contributed by atoms with E-state index in [0.717, 1.165) is 44.1 Å². The monoisotopic (exact) mass is 358 g/mol. The molecule has 0 aliphatic heterocycles. The molecule has 0 aromatic rings. The van der Waals surface area contributed by atoms with Crippen molar-refractivity contribution in [3.63, 3.8) is 0 Å². The van der Waals surface area contributed by atoms with Gasteiger partial charge in [0.2, 0.25) is 0 Å². The Morgan fingerprint density at radius 3 is 2.69 bits per heavy atom. The second kappa shape index (κ2) is 6.90. The van der Waals surface area contributed by atoms with Crippen LogP contribution in [-0.2, 0) is 9.53 Å². The van der Waals surface area contributed by atoms with Crippen LogP contribution in [0.4, 0.5) is 0 Å². The van der Waals surface area contributed by atoms with E-state index in [1.807, 2.05) is 13.2 Å². The van der Waals surface area contributed by atoms with Crippen molar-refractivity contribution in [1.29, 1.82) is 0 Å². The zero-order valence-electron chi connectivity index (χ0n) is 16.9. The summed E-state index contributed by atoms with van der Waals surface area (Å²) in [5.41, 5.74) is 3.34. The molecule has 3 aliphatic rings. The molecule has 3 nitrogen and oxygen atoms in total.